The highest BCUT2D eigenvalue weighted by atomic mass is 16.6. The van der Waals surface area contributed by atoms with Crippen LogP contribution in [-0.4, -0.2) is 45.7 Å². The van der Waals surface area contributed by atoms with E-state index in [0.29, 0.717) is 0 Å². The van der Waals surface area contributed by atoms with Crippen LogP contribution in [0, 0.1) is 5.92 Å². The van der Waals surface area contributed by atoms with E-state index in [-0.39, 0.29) is 19.6 Å². The van der Waals surface area contributed by atoms with Crippen LogP contribution in [0.1, 0.15) is 12.0 Å². The molecule has 2 rings (SSSR count). The second-order valence-corrected chi connectivity index (χ2v) is 4.75. The number of likely N-dealkylation sites (tertiary alicyclic amines) is 1. The quantitative estimate of drug-likeness (QED) is 0.864. The fourth-order valence-electron chi connectivity index (χ4n) is 2.36. The van der Waals surface area contributed by atoms with Gasteiger partial charge < -0.3 is 14.9 Å². The van der Waals surface area contributed by atoms with Gasteiger partial charge in [0, 0.05) is 6.54 Å². The molecule has 0 bridgehead atoms. The van der Waals surface area contributed by atoms with Gasteiger partial charge in [-0.15, -0.1) is 0 Å². The third kappa shape index (κ3) is 3.31. The van der Waals surface area contributed by atoms with E-state index < -0.39 is 30.0 Å². The molecule has 2 atom stereocenters. The first-order valence-electron chi connectivity index (χ1n) is 6.43. The SMILES string of the molecule is O=C(O)[C@H]1CCN(C(=O)OCc2ccccc2)[C@@H]1C(=O)O. The zero-order valence-electron chi connectivity index (χ0n) is 11.1. The molecule has 1 amide bonds. The Morgan fingerprint density at radius 2 is 1.81 bits per heavy atom. The van der Waals surface area contributed by atoms with Gasteiger partial charge in [0.1, 0.15) is 12.6 Å². The number of carboxylic acid groups (broad SMARTS) is 2. The lowest BCUT2D eigenvalue weighted by atomic mass is 10.0. The van der Waals surface area contributed by atoms with E-state index in [4.69, 9.17) is 14.9 Å². The third-order valence-corrected chi connectivity index (χ3v) is 3.41. The molecule has 7 heteroatoms. The number of nitrogens with zero attached hydrogens (tertiary/aromatic N) is 1. The first kappa shape index (κ1) is 14.8. The van der Waals surface area contributed by atoms with Crippen molar-refractivity contribution < 1.29 is 29.3 Å². The minimum Gasteiger partial charge on any atom is -0.481 e. The molecule has 1 aliphatic heterocycles. The van der Waals surface area contributed by atoms with E-state index in [1.54, 1.807) is 24.3 Å². The molecule has 112 valence electrons. The Morgan fingerprint density at radius 1 is 1.14 bits per heavy atom. The Balaban J connectivity index is 2.01. The van der Waals surface area contributed by atoms with Gasteiger partial charge in [-0.2, -0.15) is 0 Å². The zero-order chi connectivity index (χ0) is 15.4. The number of carbonyl (C=O) groups excluding carboxylic acids is 1. The predicted molar refractivity (Wildman–Crippen MR) is 70.5 cm³/mol. The zero-order valence-corrected chi connectivity index (χ0v) is 11.1. The summed E-state index contributed by atoms with van der Waals surface area (Å²) >= 11 is 0. The Hall–Kier alpha value is -2.57. The maximum atomic E-state index is 11.9. The molecule has 0 spiro atoms. The number of amides is 1. The summed E-state index contributed by atoms with van der Waals surface area (Å²) in [5.41, 5.74) is 0.770. The summed E-state index contributed by atoms with van der Waals surface area (Å²) in [6, 6.07) is 7.56. The van der Waals surface area contributed by atoms with E-state index in [1.165, 1.54) is 0 Å². The highest BCUT2D eigenvalue weighted by Crippen LogP contribution is 2.26. The lowest BCUT2D eigenvalue weighted by Crippen LogP contribution is -2.45. The van der Waals surface area contributed by atoms with Crippen molar-refractivity contribution in [2.75, 3.05) is 6.54 Å². The highest BCUT2D eigenvalue weighted by molar-refractivity contribution is 5.87. The summed E-state index contributed by atoms with van der Waals surface area (Å²) in [5.74, 6) is -3.66. The number of carboxylic acids is 2. The summed E-state index contributed by atoms with van der Waals surface area (Å²) in [4.78, 5) is 35.1. The Bertz CT molecular complexity index is 544. The Kier molecular flexibility index (Phi) is 4.42. The van der Waals surface area contributed by atoms with E-state index in [2.05, 4.69) is 0 Å². The van der Waals surface area contributed by atoms with Gasteiger partial charge >= 0.3 is 18.0 Å². The molecule has 1 aromatic rings. The van der Waals surface area contributed by atoms with Crippen LogP contribution in [0.5, 0.6) is 0 Å². The Labute approximate surface area is 120 Å². The van der Waals surface area contributed by atoms with E-state index in [1.807, 2.05) is 6.07 Å². The summed E-state index contributed by atoms with van der Waals surface area (Å²) < 4.78 is 5.05. The predicted octanol–water partition coefficient (Wildman–Crippen LogP) is 1.18. The summed E-state index contributed by atoms with van der Waals surface area (Å²) in [5, 5.41) is 18.1. The number of ether oxygens (including phenoxy) is 1. The topological polar surface area (TPSA) is 104 Å². The average Bonchev–Trinajstić information content (AvgIpc) is 2.91. The molecule has 1 saturated heterocycles. The molecular formula is C14H15NO6. The molecule has 1 aromatic carbocycles. The first-order valence-corrected chi connectivity index (χ1v) is 6.43. The fourth-order valence-corrected chi connectivity index (χ4v) is 2.36. The van der Waals surface area contributed by atoms with Gasteiger partial charge in [0.05, 0.1) is 5.92 Å². The maximum Gasteiger partial charge on any atom is 0.410 e. The van der Waals surface area contributed by atoms with Gasteiger partial charge in [-0.25, -0.2) is 9.59 Å². The van der Waals surface area contributed by atoms with Crippen LogP contribution in [0.2, 0.25) is 0 Å². The molecule has 1 fully saturated rings. The molecule has 7 nitrogen and oxygen atoms in total. The molecule has 1 aliphatic rings. The number of aliphatic carboxylic acids is 2. The van der Waals surface area contributed by atoms with Crippen LogP contribution >= 0.6 is 0 Å². The summed E-state index contributed by atoms with van der Waals surface area (Å²) in [6.45, 7) is 0.0712. The van der Waals surface area contributed by atoms with E-state index >= 15 is 0 Å². The van der Waals surface area contributed by atoms with Crippen LogP contribution in [0.25, 0.3) is 0 Å². The van der Waals surface area contributed by atoms with Crippen molar-refractivity contribution in [1.29, 1.82) is 0 Å². The van der Waals surface area contributed by atoms with Gasteiger partial charge in [-0.05, 0) is 12.0 Å². The molecule has 0 unspecified atom stereocenters. The van der Waals surface area contributed by atoms with Crippen LogP contribution in [0.3, 0.4) is 0 Å². The van der Waals surface area contributed by atoms with Gasteiger partial charge in [0.2, 0.25) is 0 Å². The van der Waals surface area contributed by atoms with E-state index in [9.17, 15) is 14.4 Å². The van der Waals surface area contributed by atoms with Crippen molar-refractivity contribution >= 4 is 18.0 Å². The van der Waals surface area contributed by atoms with Crippen LogP contribution in [0.4, 0.5) is 4.79 Å². The van der Waals surface area contributed by atoms with Crippen molar-refractivity contribution in [2.45, 2.75) is 19.1 Å². The molecule has 0 aromatic heterocycles. The molecule has 2 N–H and O–H groups in total. The summed E-state index contributed by atoms with van der Waals surface area (Å²) in [7, 11) is 0. The highest BCUT2D eigenvalue weighted by Gasteiger charge is 2.46. The minimum absolute atomic E-state index is 0.0141. The van der Waals surface area contributed by atoms with Gasteiger partial charge in [0.15, 0.2) is 0 Å². The number of hydrogen-bond donors (Lipinski definition) is 2. The largest absolute Gasteiger partial charge is 0.481 e. The van der Waals surface area contributed by atoms with Crippen LogP contribution < -0.4 is 0 Å². The maximum absolute atomic E-state index is 11.9. The van der Waals surface area contributed by atoms with Crippen molar-refractivity contribution in [1.82, 2.24) is 4.90 Å². The smallest absolute Gasteiger partial charge is 0.410 e. The number of carbonyl (C=O) groups is 3. The fraction of sp³-hybridized carbons (Fsp3) is 0.357. The molecule has 1 heterocycles. The third-order valence-electron chi connectivity index (χ3n) is 3.41. The minimum atomic E-state index is -1.38. The van der Waals surface area contributed by atoms with Gasteiger partial charge in [-0.3, -0.25) is 9.69 Å². The van der Waals surface area contributed by atoms with Crippen molar-refractivity contribution in [2.24, 2.45) is 5.92 Å². The van der Waals surface area contributed by atoms with Crippen molar-refractivity contribution in [3.63, 3.8) is 0 Å². The second-order valence-electron chi connectivity index (χ2n) is 4.75. The lowest BCUT2D eigenvalue weighted by molar-refractivity contribution is -0.151. The average molecular weight is 293 g/mol. The van der Waals surface area contributed by atoms with Crippen molar-refractivity contribution in [3.05, 3.63) is 35.9 Å². The molecule has 0 saturated carbocycles. The van der Waals surface area contributed by atoms with Gasteiger partial charge in [0.25, 0.3) is 0 Å². The normalized spacial score (nSPS) is 21.0. The lowest BCUT2D eigenvalue weighted by Gasteiger charge is -2.22. The van der Waals surface area contributed by atoms with E-state index in [0.717, 1.165) is 10.5 Å². The van der Waals surface area contributed by atoms with Crippen LogP contribution in [-0.2, 0) is 20.9 Å². The Morgan fingerprint density at radius 3 is 2.38 bits per heavy atom. The standard InChI is InChI=1S/C14H15NO6/c16-12(17)10-6-7-15(11(10)13(18)19)14(20)21-8-9-4-2-1-3-5-9/h1-5,10-11H,6-8H2,(H,16,17)(H,18,19)/t10-,11-/m0/s1. The van der Waals surface area contributed by atoms with Crippen LogP contribution in [0.15, 0.2) is 30.3 Å². The number of hydrogen-bond acceptors (Lipinski definition) is 4. The first-order chi connectivity index (χ1) is 10.0. The number of benzene rings is 1. The monoisotopic (exact) mass is 293 g/mol. The van der Waals surface area contributed by atoms with Gasteiger partial charge in [-0.1, -0.05) is 30.3 Å². The molecule has 0 aliphatic carbocycles. The molecule has 21 heavy (non-hydrogen) atoms. The summed E-state index contributed by atoms with van der Waals surface area (Å²) in [6.07, 6.45) is -0.706. The number of rotatable bonds is 4. The molecule has 0 radical (unpaired) electrons. The second kappa shape index (κ2) is 6.25. The van der Waals surface area contributed by atoms with Crippen molar-refractivity contribution in [3.8, 4) is 0 Å². The molecular weight excluding hydrogens is 278 g/mol.